The fourth-order valence-corrected chi connectivity index (χ4v) is 1.35. The molecule has 1 aliphatic rings. The van der Waals surface area contributed by atoms with E-state index in [-0.39, 0.29) is 0 Å². The number of benzene rings is 1. The maximum Gasteiger partial charge on any atom is 0.0373 e. The molecule has 0 amide bonds. The second-order valence-electron chi connectivity index (χ2n) is 3.23. The van der Waals surface area contributed by atoms with Crippen LogP contribution in [0.1, 0.15) is 11.1 Å². The summed E-state index contributed by atoms with van der Waals surface area (Å²) in [4.78, 5) is 2.34. The highest BCUT2D eigenvalue weighted by Gasteiger charge is 2.17. The van der Waals surface area contributed by atoms with Crippen molar-refractivity contribution in [3.05, 3.63) is 35.9 Å². The van der Waals surface area contributed by atoms with E-state index in [4.69, 9.17) is 0 Å². The molecule has 1 nitrogen and oxygen atoms in total. The lowest BCUT2D eigenvalue weighted by Crippen LogP contribution is -1.91. The molecule has 62 valence electrons. The summed E-state index contributed by atoms with van der Waals surface area (Å²) in [6.45, 7) is 8.32. The Balaban J connectivity index is 2.39. The summed E-state index contributed by atoms with van der Waals surface area (Å²) in [5.74, 6) is 0. The van der Waals surface area contributed by atoms with Crippen LogP contribution in [0.5, 0.6) is 0 Å². The zero-order chi connectivity index (χ0) is 8.55. The molecule has 1 fully saturated rings. The Morgan fingerprint density at radius 2 is 2.17 bits per heavy atom. The maximum absolute atomic E-state index is 3.79. The monoisotopic (exact) mass is 159 g/mol. The smallest absolute Gasteiger partial charge is 0.0373 e. The zero-order valence-electron chi connectivity index (χ0n) is 7.38. The van der Waals surface area contributed by atoms with Gasteiger partial charge in [-0.1, -0.05) is 18.7 Å². The topological polar surface area (TPSA) is 3.01 Å². The van der Waals surface area contributed by atoms with Gasteiger partial charge < -0.3 is 4.90 Å². The van der Waals surface area contributed by atoms with Crippen LogP contribution in [0.3, 0.4) is 0 Å². The quantitative estimate of drug-likeness (QED) is 0.599. The zero-order valence-corrected chi connectivity index (χ0v) is 7.38. The Morgan fingerprint density at radius 3 is 2.75 bits per heavy atom. The van der Waals surface area contributed by atoms with E-state index >= 15 is 0 Å². The first kappa shape index (κ1) is 7.41. The fraction of sp³-hybridized carbons (Fsp3) is 0.273. The first-order valence-electron chi connectivity index (χ1n) is 4.29. The van der Waals surface area contributed by atoms with Crippen LogP contribution in [0.2, 0.25) is 0 Å². The van der Waals surface area contributed by atoms with Gasteiger partial charge in [0.2, 0.25) is 0 Å². The molecule has 1 aromatic carbocycles. The highest BCUT2D eigenvalue weighted by Crippen LogP contribution is 2.24. The minimum atomic E-state index is 1.21. The number of nitrogens with zero attached hydrogens (tertiary/aromatic N) is 1. The number of hydrogen-bond acceptors (Lipinski definition) is 1. The summed E-state index contributed by atoms with van der Waals surface area (Å²) >= 11 is 0. The standard InChI is InChI=1S/C11H13N/c1-3-10-8-11(12-6-7-12)5-4-9(10)2/h3-5,8H,1,6-7H2,2H3. The van der Waals surface area contributed by atoms with Crippen molar-refractivity contribution in [1.82, 2.24) is 0 Å². The van der Waals surface area contributed by atoms with E-state index in [2.05, 4.69) is 36.6 Å². The highest BCUT2D eigenvalue weighted by atomic mass is 15.3. The molecular weight excluding hydrogens is 146 g/mol. The molecule has 1 aromatic rings. The van der Waals surface area contributed by atoms with Gasteiger partial charge in [0.25, 0.3) is 0 Å². The van der Waals surface area contributed by atoms with Gasteiger partial charge in [-0.25, -0.2) is 0 Å². The highest BCUT2D eigenvalue weighted by molar-refractivity contribution is 5.62. The average Bonchev–Trinajstić information content (AvgIpc) is 2.88. The van der Waals surface area contributed by atoms with Gasteiger partial charge in [0.1, 0.15) is 0 Å². The number of anilines is 1. The minimum Gasteiger partial charge on any atom is -0.368 e. The van der Waals surface area contributed by atoms with Crippen LogP contribution in [0.4, 0.5) is 5.69 Å². The van der Waals surface area contributed by atoms with E-state index < -0.39 is 0 Å². The lowest BCUT2D eigenvalue weighted by Gasteiger charge is -2.05. The van der Waals surface area contributed by atoms with Gasteiger partial charge in [0.05, 0.1) is 0 Å². The SMILES string of the molecule is C=Cc1cc(N2CC2)ccc1C. The van der Waals surface area contributed by atoms with E-state index in [1.165, 1.54) is 29.9 Å². The van der Waals surface area contributed by atoms with Crippen molar-refractivity contribution in [3.8, 4) is 0 Å². The van der Waals surface area contributed by atoms with Crippen molar-refractivity contribution in [2.24, 2.45) is 0 Å². The molecule has 0 aromatic heterocycles. The molecule has 0 spiro atoms. The van der Waals surface area contributed by atoms with Gasteiger partial charge in [-0.3, -0.25) is 0 Å². The number of aryl methyl sites for hydroxylation is 1. The fourth-order valence-electron chi connectivity index (χ4n) is 1.35. The molecule has 0 N–H and O–H groups in total. The van der Waals surface area contributed by atoms with Crippen molar-refractivity contribution in [2.75, 3.05) is 18.0 Å². The predicted molar refractivity (Wildman–Crippen MR) is 53.5 cm³/mol. The maximum atomic E-state index is 3.79. The molecule has 2 rings (SSSR count). The Labute approximate surface area is 73.3 Å². The normalized spacial score (nSPS) is 14.6. The molecule has 12 heavy (non-hydrogen) atoms. The van der Waals surface area contributed by atoms with Crippen LogP contribution in [0.25, 0.3) is 6.08 Å². The molecule has 0 unspecified atom stereocenters. The van der Waals surface area contributed by atoms with Gasteiger partial charge in [-0.15, -0.1) is 0 Å². The minimum absolute atomic E-state index is 1.21. The molecule has 0 bridgehead atoms. The third-order valence-electron chi connectivity index (χ3n) is 2.30. The number of rotatable bonds is 2. The second kappa shape index (κ2) is 2.67. The van der Waals surface area contributed by atoms with Crippen molar-refractivity contribution >= 4 is 11.8 Å². The summed E-state index contributed by atoms with van der Waals surface area (Å²) in [7, 11) is 0. The average molecular weight is 159 g/mol. The van der Waals surface area contributed by atoms with Crippen LogP contribution >= 0.6 is 0 Å². The Bertz CT molecular complexity index is 311. The molecule has 1 heterocycles. The largest absolute Gasteiger partial charge is 0.368 e. The molecule has 0 saturated carbocycles. The van der Waals surface area contributed by atoms with Gasteiger partial charge in [0.15, 0.2) is 0 Å². The van der Waals surface area contributed by atoms with E-state index in [9.17, 15) is 0 Å². The molecule has 0 aliphatic carbocycles. The van der Waals surface area contributed by atoms with Crippen LogP contribution in [0, 0.1) is 6.92 Å². The van der Waals surface area contributed by atoms with E-state index in [1.807, 2.05) is 6.08 Å². The van der Waals surface area contributed by atoms with Crippen LogP contribution in [0.15, 0.2) is 24.8 Å². The van der Waals surface area contributed by atoms with E-state index in [1.54, 1.807) is 0 Å². The predicted octanol–water partition coefficient (Wildman–Crippen LogP) is 2.46. The lowest BCUT2D eigenvalue weighted by molar-refractivity contribution is 1.36. The summed E-state index contributed by atoms with van der Waals surface area (Å²) in [6.07, 6.45) is 1.92. The van der Waals surface area contributed by atoms with Crippen molar-refractivity contribution < 1.29 is 0 Å². The molecule has 1 saturated heterocycles. The molecule has 1 heteroatoms. The summed E-state index contributed by atoms with van der Waals surface area (Å²) in [5.41, 5.74) is 3.88. The van der Waals surface area contributed by atoms with Gasteiger partial charge >= 0.3 is 0 Å². The molecule has 1 aliphatic heterocycles. The Morgan fingerprint density at radius 1 is 1.42 bits per heavy atom. The lowest BCUT2D eigenvalue weighted by atomic mass is 10.1. The van der Waals surface area contributed by atoms with E-state index in [0.29, 0.717) is 0 Å². The van der Waals surface area contributed by atoms with Gasteiger partial charge in [-0.05, 0) is 30.2 Å². The Kier molecular flexibility index (Phi) is 1.65. The third-order valence-corrected chi connectivity index (χ3v) is 2.30. The van der Waals surface area contributed by atoms with Crippen LogP contribution in [-0.2, 0) is 0 Å². The van der Waals surface area contributed by atoms with E-state index in [0.717, 1.165) is 0 Å². The van der Waals surface area contributed by atoms with Gasteiger partial charge in [-0.2, -0.15) is 0 Å². The number of hydrogen-bond donors (Lipinski definition) is 0. The van der Waals surface area contributed by atoms with Crippen molar-refractivity contribution in [3.63, 3.8) is 0 Å². The second-order valence-corrected chi connectivity index (χ2v) is 3.23. The summed E-state index contributed by atoms with van der Waals surface area (Å²) < 4.78 is 0. The van der Waals surface area contributed by atoms with Crippen LogP contribution in [-0.4, -0.2) is 13.1 Å². The summed E-state index contributed by atoms with van der Waals surface area (Å²) in [5, 5.41) is 0. The first-order chi connectivity index (χ1) is 5.81. The third kappa shape index (κ3) is 1.22. The van der Waals surface area contributed by atoms with Crippen LogP contribution < -0.4 is 4.90 Å². The summed E-state index contributed by atoms with van der Waals surface area (Å²) in [6, 6.07) is 6.54. The van der Waals surface area contributed by atoms with Crippen molar-refractivity contribution in [2.45, 2.75) is 6.92 Å². The molecular formula is C11H13N. The van der Waals surface area contributed by atoms with Crippen molar-refractivity contribution in [1.29, 1.82) is 0 Å². The first-order valence-corrected chi connectivity index (χ1v) is 4.29. The molecule has 0 radical (unpaired) electrons. The Hall–Kier alpha value is -1.24. The molecule has 0 atom stereocenters. The van der Waals surface area contributed by atoms with Gasteiger partial charge in [0, 0.05) is 18.8 Å².